The zero-order chi connectivity index (χ0) is 21.3. The van der Waals surface area contributed by atoms with Gasteiger partial charge in [-0.15, -0.1) is 0 Å². The van der Waals surface area contributed by atoms with Crippen LogP contribution in [0.2, 0.25) is 0 Å². The molecule has 1 aliphatic rings. The first-order valence-corrected chi connectivity index (χ1v) is 9.99. The van der Waals surface area contributed by atoms with Gasteiger partial charge >= 0.3 is 12.1 Å². The van der Waals surface area contributed by atoms with Crippen molar-refractivity contribution in [3.05, 3.63) is 83.4 Å². The number of nitrogens with zero attached hydrogens (tertiary/aromatic N) is 1. The molecule has 2 unspecified atom stereocenters. The third kappa shape index (κ3) is 3.92. The highest BCUT2D eigenvalue weighted by atomic mass is 19.4. The Morgan fingerprint density at radius 3 is 2.37 bits per heavy atom. The van der Waals surface area contributed by atoms with Crippen LogP contribution in [0.5, 0.6) is 0 Å². The van der Waals surface area contributed by atoms with Crippen LogP contribution >= 0.6 is 0 Å². The molecule has 6 heteroatoms. The van der Waals surface area contributed by atoms with Gasteiger partial charge in [-0.2, -0.15) is 13.2 Å². The third-order valence-corrected chi connectivity index (χ3v) is 5.83. The molecule has 0 radical (unpaired) electrons. The maximum Gasteiger partial charge on any atom is 0.416 e. The summed E-state index contributed by atoms with van der Waals surface area (Å²) >= 11 is 0. The second-order valence-electron chi connectivity index (χ2n) is 7.68. The fourth-order valence-electron chi connectivity index (χ4n) is 4.42. The topological polar surface area (TPSA) is 40.5 Å². The number of halogens is 3. The van der Waals surface area contributed by atoms with Crippen LogP contribution < -0.4 is 0 Å². The van der Waals surface area contributed by atoms with Crippen molar-refractivity contribution in [3.63, 3.8) is 0 Å². The van der Waals surface area contributed by atoms with Gasteiger partial charge < -0.3 is 5.11 Å². The van der Waals surface area contributed by atoms with E-state index in [4.69, 9.17) is 0 Å². The minimum Gasteiger partial charge on any atom is -0.480 e. The van der Waals surface area contributed by atoms with Crippen LogP contribution in [0.4, 0.5) is 13.2 Å². The number of benzene rings is 3. The van der Waals surface area contributed by atoms with Gasteiger partial charge in [0.2, 0.25) is 0 Å². The molecule has 0 saturated carbocycles. The average molecular weight is 413 g/mol. The number of aliphatic carboxylic acids is 1. The van der Waals surface area contributed by atoms with Crippen molar-refractivity contribution >= 4 is 16.7 Å². The summed E-state index contributed by atoms with van der Waals surface area (Å²) in [4.78, 5) is 13.9. The summed E-state index contributed by atoms with van der Waals surface area (Å²) in [7, 11) is 0. The summed E-state index contributed by atoms with van der Waals surface area (Å²) in [5.74, 6) is -0.896. The van der Waals surface area contributed by atoms with E-state index < -0.39 is 29.8 Å². The first kappa shape index (κ1) is 20.4. The van der Waals surface area contributed by atoms with Gasteiger partial charge in [0.1, 0.15) is 6.04 Å². The van der Waals surface area contributed by atoms with Gasteiger partial charge in [0.15, 0.2) is 0 Å². The van der Waals surface area contributed by atoms with Gasteiger partial charge in [-0.25, -0.2) is 0 Å². The fourth-order valence-corrected chi connectivity index (χ4v) is 4.42. The van der Waals surface area contributed by atoms with E-state index in [9.17, 15) is 23.1 Å². The minimum absolute atomic E-state index is 0.445. The van der Waals surface area contributed by atoms with Crippen LogP contribution in [0.15, 0.2) is 66.7 Å². The largest absolute Gasteiger partial charge is 0.480 e. The van der Waals surface area contributed by atoms with Crippen molar-refractivity contribution in [1.29, 1.82) is 0 Å². The second kappa shape index (κ2) is 8.11. The lowest BCUT2D eigenvalue weighted by Crippen LogP contribution is -2.46. The van der Waals surface area contributed by atoms with Crippen LogP contribution in [0.1, 0.15) is 42.0 Å². The Hall–Kier alpha value is -2.86. The Labute approximate surface area is 172 Å². The Morgan fingerprint density at radius 2 is 1.67 bits per heavy atom. The summed E-state index contributed by atoms with van der Waals surface area (Å²) < 4.78 is 39.3. The Balaban J connectivity index is 1.88. The fraction of sp³-hybridized carbons (Fsp3) is 0.292. The zero-order valence-electron chi connectivity index (χ0n) is 16.3. The first-order chi connectivity index (χ1) is 14.4. The molecule has 0 spiro atoms. The molecule has 2 atom stereocenters. The molecular weight excluding hydrogens is 391 g/mol. The quantitative estimate of drug-likeness (QED) is 0.580. The molecule has 3 nitrogen and oxygen atoms in total. The molecule has 3 aromatic rings. The molecule has 1 fully saturated rings. The molecule has 0 aromatic heterocycles. The highest BCUT2D eigenvalue weighted by Crippen LogP contribution is 2.38. The van der Waals surface area contributed by atoms with Crippen molar-refractivity contribution < 1.29 is 23.1 Å². The number of alkyl halides is 3. The summed E-state index contributed by atoms with van der Waals surface area (Å²) in [6.45, 7) is 0.575. The lowest BCUT2D eigenvalue weighted by atomic mass is 9.88. The molecule has 0 aliphatic carbocycles. The van der Waals surface area contributed by atoms with E-state index in [0.717, 1.165) is 41.3 Å². The summed E-state index contributed by atoms with van der Waals surface area (Å²) in [6.07, 6.45) is -2.21. The van der Waals surface area contributed by atoms with Gasteiger partial charge in [-0.05, 0) is 53.4 Å². The lowest BCUT2D eigenvalue weighted by Gasteiger charge is -2.40. The van der Waals surface area contributed by atoms with Crippen molar-refractivity contribution in [2.75, 3.05) is 6.54 Å². The van der Waals surface area contributed by atoms with E-state index >= 15 is 0 Å². The monoisotopic (exact) mass is 413 g/mol. The van der Waals surface area contributed by atoms with E-state index in [1.807, 2.05) is 47.4 Å². The van der Waals surface area contributed by atoms with E-state index in [0.29, 0.717) is 18.5 Å². The van der Waals surface area contributed by atoms with Crippen molar-refractivity contribution in [1.82, 2.24) is 4.90 Å². The molecule has 0 amide bonds. The Morgan fingerprint density at radius 1 is 0.967 bits per heavy atom. The number of hydrogen-bond acceptors (Lipinski definition) is 2. The van der Waals surface area contributed by atoms with E-state index in [2.05, 4.69) is 0 Å². The van der Waals surface area contributed by atoms with Crippen molar-refractivity contribution in [2.45, 2.75) is 37.5 Å². The van der Waals surface area contributed by atoms with E-state index in [1.165, 1.54) is 12.1 Å². The number of likely N-dealkylation sites (tertiary alicyclic amines) is 1. The normalized spacial score (nSPS) is 19.0. The van der Waals surface area contributed by atoms with Crippen LogP contribution in [-0.4, -0.2) is 28.6 Å². The van der Waals surface area contributed by atoms with Gasteiger partial charge in [-0.1, -0.05) is 61.0 Å². The number of carboxylic acid groups (broad SMARTS) is 1. The number of rotatable bonds is 4. The third-order valence-electron chi connectivity index (χ3n) is 5.83. The number of fused-ring (bicyclic) bond motifs is 1. The van der Waals surface area contributed by atoms with Gasteiger partial charge in [-0.3, -0.25) is 9.69 Å². The summed E-state index contributed by atoms with van der Waals surface area (Å²) in [5, 5.41) is 11.8. The summed E-state index contributed by atoms with van der Waals surface area (Å²) in [5.41, 5.74) is 0.852. The summed E-state index contributed by atoms with van der Waals surface area (Å²) in [6, 6.07) is 17.6. The number of carboxylic acids is 1. The van der Waals surface area contributed by atoms with Gasteiger partial charge in [0.05, 0.1) is 11.6 Å². The number of hydrogen-bond donors (Lipinski definition) is 1. The van der Waals surface area contributed by atoms with Crippen LogP contribution in [0.25, 0.3) is 10.8 Å². The zero-order valence-corrected chi connectivity index (χ0v) is 16.3. The molecule has 1 aliphatic heterocycles. The minimum atomic E-state index is -4.41. The molecule has 30 heavy (non-hydrogen) atoms. The second-order valence-corrected chi connectivity index (χ2v) is 7.68. The van der Waals surface area contributed by atoms with Crippen LogP contribution in [0.3, 0.4) is 0 Å². The molecule has 4 rings (SSSR count). The molecule has 1 N–H and O–H groups in total. The average Bonchev–Trinajstić information content (AvgIpc) is 2.74. The molecule has 1 saturated heterocycles. The van der Waals surface area contributed by atoms with Crippen LogP contribution in [-0.2, 0) is 11.0 Å². The van der Waals surface area contributed by atoms with Crippen LogP contribution in [0, 0.1) is 0 Å². The molecule has 1 heterocycles. The molecular formula is C24H22F3NO2. The highest BCUT2D eigenvalue weighted by molar-refractivity contribution is 5.86. The maximum atomic E-state index is 13.1. The molecule has 156 valence electrons. The van der Waals surface area contributed by atoms with Gasteiger partial charge in [0, 0.05) is 0 Å². The maximum absolute atomic E-state index is 13.1. The van der Waals surface area contributed by atoms with E-state index in [-0.39, 0.29) is 0 Å². The molecule has 0 bridgehead atoms. The number of piperidine rings is 1. The smallest absolute Gasteiger partial charge is 0.416 e. The Bertz CT molecular complexity index is 1040. The first-order valence-electron chi connectivity index (χ1n) is 9.99. The Kier molecular flexibility index (Phi) is 5.52. The lowest BCUT2D eigenvalue weighted by molar-refractivity contribution is -0.145. The van der Waals surface area contributed by atoms with Crippen molar-refractivity contribution in [2.24, 2.45) is 0 Å². The predicted molar refractivity (Wildman–Crippen MR) is 109 cm³/mol. The molecule has 3 aromatic carbocycles. The standard InChI is InChI=1S/C24H22F3NO2/c25-24(26,27)18-13-11-17(12-14-18)22(28-15-4-3-10-21(28)23(29)30)20-9-5-7-16-6-1-2-8-19(16)20/h1-2,5-9,11-14,21-22H,3-4,10,15H2,(H,29,30). The number of carbonyl (C=O) groups is 1. The van der Waals surface area contributed by atoms with Gasteiger partial charge in [0.25, 0.3) is 0 Å². The predicted octanol–water partition coefficient (Wildman–Crippen LogP) is 5.89. The highest BCUT2D eigenvalue weighted by Gasteiger charge is 2.36. The van der Waals surface area contributed by atoms with E-state index in [1.54, 1.807) is 0 Å². The van der Waals surface area contributed by atoms with Crippen molar-refractivity contribution in [3.8, 4) is 0 Å². The SMILES string of the molecule is O=C(O)C1CCCCN1C(c1ccc(C(F)(F)F)cc1)c1cccc2ccccc12.